The van der Waals surface area contributed by atoms with Gasteiger partial charge >= 0.3 is 11.9 Å². The number of hydrogen-bond acceptors (Lipinski definition) is 10. The molecule has 0 unspecified atom stereocenters. The molecular formula is C51H54Cl2N2O12S2. The zero-order chi connectivity index (χ0) is 50.5. The number of para-hydroxylation sites is 4. The van der Waals surface area contributed by atoms with Crippen molar-refractivity contribution in [3.8, 4) is 23.0 Å². The lowest BCUT2D eigenvalue weighted by Crippen LogP contribution is -2.20. The Bertz CT molecular complexity index is 2920. The van der Waals surface area contributed by atoms with Crippen molar-refractivity contribution < 1.29 is 55.6 Å². The fourth-order valence-electron chi connectivity index (χ4n) is 6.64. The number of aromatic carboxylic acids is 2. The molecule has 69 heavy (non-hydrogen) atoms. The molecule has 0 aliphatic rings. The molecule has 0 aliphatic carbocycles. The van der Waals surface area contributed by atoms with Gasteiger partial charge in [-0.15, -0.1) is 0 Å². The van der Waals surface area contributed by atoms with E-state index in [-0.39, 0.29) is 75.9 Å². The Balaban J connectivity index is 0.000000263. The molecule has 6 aromatic rings. The predicted octanol–water partition coefficient (Wildman–Crippen LogP) is 12.0. The van der Waals surface area contributed by atoms with Crippen molar-refractivity contribution in [2.45, 2.75) is 69.1 Å². The van der Waals surface area contributed by atoms with E-state index < -0.39 is 32.0 Å². The second-order valence-corrected chi connectivity index (χ2v) is 20.4. The summed E-state index contributed by atoms with van der Waals surface area (Å²) in [6, 6.07) is 33.6. The molecule has 18 heteroatoms. The summed E-state index contributed by atoms with van der Waals surface area (Å²) < 4.78 is 81.0. The van der Waals surface area contributed by atoms with Gasteiger partial charge in [-0.3, -0.25) is 9.44 Å². The summed E-state index contributed by atoms with van der Waals surface area (Å²) >= 11 is 11.9. The van der Waals surface area contributed by atoms with Crippen LogP contribution in [-0.4, -0.2) is 65.4 Å². The highest BCUT2D eigenvalue weighted by atomic mass is 35.5. The van der Waals surface area contributed by atoms with Crippen molar-refractivity contribution in [3.63, 3.8) is 0 Å². The van der Waals surface area contributed by atoms with Crippen LogP contribution in [-0.2, 0) is 20.0 Å². The molecule has 0 aromatic heterocycles. The van der Waals surface area contributed by atoms with Gasteiger partial charge in [0.25, 0.3) is 20.0 Å². The summed E-state index contributed by atoms with van der Waals surface area (Å²) in [5.74, 6) is -0.0223. The molecule has 6 aromatic carbocycles. The van der Waals surface area contributed by atoms with Gasteiger partial charge in [0, 0.05) is 5.02 Å². The molecule has 0 saturated heterocycles. The monoisotopic (exact) mass is 1020 g/mol. The molecule has 6 rings (SSSR count). The fraction of sp³-hybridized carbons (Fsp3) is 0.255. The zero-order valence-electron chi connectivity index (χ0n) is 38.7. The third kappa shape index (κ3) is 15.0. The molecule has 0 heterocycles. The van der Waals surface area contributed by atoms with Gasteiger partial charge in [-0.2, -0.15) is 0 Å². The third-order valence-electron chi connectivity index (χ3n) is 10.2. The van der Waals surface area contributed by atoms with Gasteiger partial charge in [0.2, 0.25) is 0 Å². The van der Waals surface area contributed by atoms with Crippen LogP contribution in [0.15, 0.2) is 137 Å². The number of halogens is 2. The zero-order valence-corrected chi connectivity index (χ0v) is 41.9. The number of benzene rings is 6. The van der Waals surface area contributed by atoms with Gasteiger partial charge in [0.15, 0.2) is 0 Å². The first kappa shape index (κ1) is 53.5. The largest absolute Gasteiger partial charge is 0.490 e. The van der Waals surface area contributed by atoms with E-state index in [2.05, 4.69) is 23.3 Å². The quantitative estimate of drug-likeness (QED) is 0.0497. The molecule has 0 saturated carbocycles. The van der Waals surface area contributed by atoms with Crippen LogP contribution < -0.4 is 28.4 Å². The Labute approximate surface area is 413 Å². The Morgan fingerprint density at radius 1 is 0.522 bits per heavy atom. The van der Waals surface area contributed by atoms with Crippen molar-refractivity contribution in [1.82, 2.24) is 0 Å². The number of sulfonamides is 2. The third-order valence-corrected chi connectivity index (χ3v) is 13.8. The molecule has 0 fully saturated rings. The van der Waals surface area contributed by atoms with Gasteiger partial charge in [-0.1, -0.05) is 101 Å². The first-order valence-corrected chi connectivity index (χ1v) is 25.4. The highest BCUT2D eigenvalue weighted by Gasteiger charge is 2.28. The van der Waals surface area contributed by atoms with E-state index in [9.17, 15) is 26.4 Å². The maximum absolute atomic E-state index is 13.8. The molecule has 0 amide bonds. The Morgan fingerprint density at radius 2 is 0.928 bits per heavy atom. The number of carboxylic acids is 2. The van der Waals surface area contributed by atoms with E-state index >= 15 is 0 Å². The van der Waals surface area contributed by atoms with Gasteiger partial charge in [-0.25, -0.2) is 26.4 Å². The number of carbonyl (C=O) groups is 2. The fourth-order valence-corrected chi connectivity index (χ4v) is 10.2. The molecule has 4 N–H and O–H groups in total. The van der Waals surface area contributed by atoms with Crippen molar-refractivity contribution in [3.05, 3.63) is 165 Å². The van der Waals surface area contributed by atoms with Crippen molar-refractivity contribution in [1.29, 1.82) is 0 Å². The summed E-state index contributed by atoms with van der Waals surface area (Å²) in [7, 11) is -7.92. The summed E-state index contributed by atoms with van der Waals surface area (Å²) in [5, 5.41) is 18.2. The molecule has 0 atom stereocenters. The van der Waals surface area contributed by atoms with Crippen molar-refractivity contribution >= 4 is 66.6 Å². The maximum Gasteiger partial charge on any atom is 0.335 e. The lowest BCUT2D eigenvalue weighted by Gasteiger charge is -2.23. The SMILES string of the molecule is CC(C)c1cc(C(C)C)c(S(=O)(=O)Nc2ccccc2OCCOc2ccc(C(=O)O)cc2)c(C(C)C)c1.O=C(O)c1ccc(OCCOc2ccccc2NS(=O)(=O)c2cc(Cl)ccc2Cl)cc1. The van der Waals surface area contributed by atoms with E-state index in [1.807, 2.05) is 39.8 Å². The Kier molecular flexibility index (Phi) is 18.8. The predicted molar refractivity (Wildman–Crippen MR) is 268 cm³/mol. The minimum Gasteiger partial charge on any atom is -0.490 e. The number of anilines is 2. The highest BCUT2D eigenvalue weighted by Crippen LogP contribution is 2.37. The Hall–Kier alpha value is -6.46. The number of ether oxygens (including phenoxy) is 4. The maximum atomic E-state index is 13.8. The summed E-state index contributed by atoms with van der Waals surface area (Å²) in [6.07, 6.45) is 0. The first-order chi connectivity index (χ1) is 32.7. The van der Waals surface area contributed by atoms with Gasteiger partial charge in [0.05, 0.1) is 32.4 Å². The number of hydrogen-bond donors (Lipinski definition) is 4. The van der Waals surface area contributed by atoms with Crippen LogP contribution >= 0.6 is 23.2 Å². The number of carboxylic acid groups (broad SMARTS) is 2. The minimum absolute atomic E-state index is 0.0194. The number of rotatable bonds is 21. The number of nitrogens with one attached hydrogen (secondary N) is 2. The molecule has 0 radical (unpaired) electrons. The topological polar surface area (TPSA) is 204 Å². The first-order valence-electron chi connectivity index (χ1n) is 21.7. The van der Waals surface area contributed by atoms with Crippen LogP contribution in [0.25, 0.3) is 0 Å². The van der Waals surface area contributed by atoms with Gasteiger partial charge in [0.1, 0.15) is 54.3 Å². The average molecular weight is 1020 g/mol. The van der Waals surface area contributed by atoms with E-state index in [1.165, 1.54) is 42.5 Å². The van der Waals surface area contributed by atoms with Crippen molar-refractivity contribution in [2.24, 2.45) is 0 Å². The Morgan fingerprint density at radius 3 is 1.33 bits per heavy atom. The lowest BCUT2D eigenvalue weighted by molar-refractivity contribution is 0.0686. The molecular weight excluding hydrogens is 968 g/mol. The molecule has 0 bridgehead atoms. The van der Waals surface area contributed by atoms with Crippen LogP contribution in [0, 0.1) is 0 Å². The molecule has 366 valence electrons. The average Bonchev–Trinajstić information content (AvgIpc) is 3.30. The smallest absolute Gasteiger partial charge is 0.335 e. The van der Waals surface area contributed by atoms with Crippen LogP contribution in [0.1, 0.15) is 96.7 Å². The molecule has 0 aliphatic heterocycles. The normalized spacial score (nSPS) is 11.4. The van der Waals surface area contributed by atoms with Crippen molar-refractivity contribution in [2.75, 3.05) is 35.9 Å². The minimum atomic E-state index is -4.00. The van der Waals surface area contributed by atoms with E-state index in [4.69, 9.17) is 52.4 Å². The second-order valence-electron chi connectivity index (χ2n) is 16.3. The van der Waals surface area contributed by atoms with E-state index in [1.54, 1.807) is 72.8 Å². The van der Waals surface area contributed by atoms with Crippen LogP contribution in [0.4, 0.5) is 11.4 Å². The summed E-state index contributed by atoms with van der Waals surface area (Å²) in [6.45, 7) is 12.9. The standard InChI is InChI=1S/C30H37NO6S.C21H17Cl2NO6S/c1-19(2)23-17-25(20(3)4)29(26(18-23)21(5)6)38(34,35)31-27-9-7-8-10-28(27)37-16-15-36-24-13-11-22(12-14-24)30(32)33;22-15-7-10-17(23)20(13-15)31(27,28)24-18-3-1-2-4-19(18)30-12-11-29-16-8-5-14(6-9-16)21(25)26/h7-14,17-21,31H,15-16H2,1-6H3,(H,32,33);1-10,13,24H,11-12H2,(H,25,26). The molecule has 0 spiro atoms. The van der Waals surface area contributed by atoms with Gasteiger partial charge in [-0.05, 0) is 125 Å². The highest BCUT2D eigenvalue weighted by molar-refractivity contribution is 7.93. The lowest BCUT2D eigenvalue weighted by atomic mass is 9.89. The summed E-state index contributed by atoms with van der Waals surface area (Å²) in [5.41, 5.74) is 3.62. The summed E-state index contributed by atoms with van der Waals surface area (Å²) in [4.78, 5) is 22.0. The molecule has 14 nitrogen and oxygen atoms in total. The van der Waals surface area contributed by atoms with Crippen LogP contribution in [0.3, 0.4) is 0 Å². The van der Waals surface area contributed by atoms with Gasteiger partial charge < -0.3 is 29.2 Å². The van der Waals surface area contributed by atoms with E-state index in [0.29, 0.717) is 33.6 Å². The second kappa shape index (κ2) is 24.2. The van der Waals surface area contributed by atoms with Crippen LogP contribution in [0.2, 0.25) is 10.0 Å². The van der Waals surface area contributed by atoms with E-state index in [0.717, 1.165) is 16.7 Å². The van der Waals surface area contributed by atoms with Crippen LogP contribution in [0.5, 0.6) is 23.0 Å².